The van der Waals surface area contributed by atoms with Gasteiger partial charge in [-0.3, -0.25) is 4.57 Å². The first-order chi connectivity index (χ1) is 10.3. The van der Waals surface area contributed by atoms with Crippen LogP contribution in [0.25, 0.3) is 0 Å². The minimum absolute atomic E-state index is 0.235. The minimum atomic E-state index is -2.59. The topological polar surface area (TPSA) is 23.6 Å². The summed E-state index contributed by atoms with van der Waals surface area (Å²) in [6.07, 6.45) is 3.97. The van der Waals surface area contributed by atoms with E-state index in [1.807, 2.05) is 0 Å². The van der Waals surface area contributed by atoms with Crippen LogP contribution in [0.5, 0.6) is 0 Å². The van der Waals surface area contributed by atoms with Crippen LogP contribution in [0.3, 0.4) is 0 Å². The van der Waals surface area contributed by atoms with Crippen LogP contribution in [0, 0.1) is 17.3 Å². The molecule has 2 rings (SSSR count). The summed E-state index contributed by atoms with van der Waals surface area (Å²) in [7, 11) is -2.59. The summed E-state index contributed by atoms with van der Waals surface area (Å²) in [6.45, 7) is 16.7. The van der Waals surface area contributed by atoms with E-state index in [4.69, 9.17) is 0 Å². The van der Waals surface area contributed by atoms with Crippen LogP contribution < -0.4 is 0 Å². The van der Waals surface area contributed by atoms with Gasteiger partial charge >= 0.3 is 0 Å². The molecule has 4 heteroatoms. The van der Waals surface area contributed by atoms with Crippen molar-refractivity contribution < 1.29 is 4.57 Å². The predicted octanol–water partition coefficient (Wildman–Crippen LogP) is 5.20. The highest BCUT2D eigenvalue weighted by Gasteiger charge is 2.50. The van der Waals surface area contributed by atoms with E-state index < -0.39 is 7.44 Å². The van der Waals surface area contributed by atoms with Gasteiger partial charge < -0.3 is 0 Å². The largest absolute Gasteiger partial charge is 0.284 e. The highest BCUT2D eigenvalue weighted by Crippen LogP contribution is 2.64. The molecule has 0 aromatic heterocycles. The monoisotopic (exact) mass is 326 g/mol. The summed E-state index contributed by atoms with van der Waals surface area (Å²) < 4.78 is 18.4. The molecule has 0 aromatic rings. The Morgan fingerprint density at radius 2 is 1.55 bits per heavy atom. The molecule has 2 fully saturated rings. The minimum Gasteiger partial charge on any atom is -0.284 e. The molecule has 0 N–H and O–H groups in total. The van der Waals surface area contributed by atoms with Gasteiger partial charge in [-0.2, -0.15) is 0 Å². The second-order valence-electron chi connectivity index (χ2n) is 7.38. The third kappa shape index (κ3) is 2.85. The number of rotatable bonds is 7. The summed E-state index contributed by atoms with van der Waals surface area (Å²) in [6, 6.07) is 0. The lowest BCUT2D eigenvalue weighted by Crippen LogP contribution is -2.32. The maximum absolute atomic E-state index is 14.0. The van der Waals surface area contributed by atoms with Crippen LogP contribution in [-0.2, 0) is 4.57 Å². The van der Waals surface area contributed by atoms with Crippen molar-refractivity contribution >= 4 is 7.44 Å². The first-order valence-electron chi connectivity index (χ1n) is 9.18. The fraction of sp³-hybridized carbons (Fsp3) is 0.889. The summed E-state index contributed by atoms with van der Waals surface area (Å²) in [5.74, 6) is 3.71. The van der Waals surface area contributed by atoms with E-state index in [1.54, 1.807) is 0 Å². The van der Waals surface area contributed by atoms with E-state index >= 15 is 0 Å². The number of allylic oxidation sites excluding steroid dienone is 1. The van der Waals surface area contributed by atoms with Crippen molar-refractivity contribution in [1.29, 1.82) is 0 Å². The van der Waals surface area contributed by atoms with Gasteiger partial charge in [-0.25, -0.2) is 9.34 Å². The lowest BCUT2D eigenvalue weighted by molar-refractivity contribution is 0.287. The Morgan fingerprint density at radius 3 is 1.91 bits per heavy atom. The zero-order chi connectivity index (χ0) is 16.5. The van der Waals surface area contributed by atoms with Crippen LogP contribution >= 0.6 is 7.44 Å². The fourth-order valence-electron chi connectivity index (χ4n) is 4.73. The molecule has 2 aliphatic rings. The van der Waals surface area contributed by atoms with Crippen molar-refractivity contribution in [2.75, 3.05) is 26.2 Å². The molecule has 128 valence electrons. The molecule has 2 bridgehead atoms. The quantitative estimate of drug-likeness (QED) is 0.601. The molecule has 2 atom stereocenters. The van der Waals surface area contributed by atoms with Gasteiger partial charge in [0.05, 0.1) is 0 Å². The molecule has 0 radical (unpaired) electrons. The zero-order valence-electron chi connectivity index (χ0n) is 15.4. The van der Waals surface area contributed by atoms with Crippen molar-refractivity contribution in [1.82, 2.24) is 9.34 Å². The Morgan fingerprint density at radius 1 is 1.05 bits per heavy atom. The SMILES string of the molecule is CCN(CC)P(=O)(/C=C1\[C@@H]2CC[C@@H](C2)C1(C)C)N(CC)CC. The fourth-order valence-corrected chi connectivity index (χ4v) is 7.95. The number of hydrogen-bond donors (Lipinski definition) is 0. The Bertz CT molecular complexity index is 448. The van der Waals surface area contributed by atoms with Gasteiger partial charge in [0.1, 0.15) is 0 Å². The van der Waals surface area contributed by atoms with Gasteiger partial charge in [0, 0.05) is 32.0 Å². The Hall–Kier alpha value is -0.110. The highest BCUT2D eigenvalue weighted by atomic mass is 31.2. The first kappa shape index (κ1) is 18.2. The van der Waals surface area contributed by atoms with Crippen molar-refractivity contribution in [3.63, 3.8) is 0 Å². The zero-order valence-corrected chi connectivity index (χ0v) is 16.3. The Kier molecular flexibility index (Phi) is 5.63. The summed E-state index contributed by atoms with van der Waals surface area (Å²) in [4.78, 5) is 0. The van der Waals surface area contributed by atoms with E-state index in [9.17, 15) is 4.57 Å². The van der Waals surface area contributed by atoms with Crippen molar-refractivity contribution in [2.45, 2.75) is 60.8 Å². The van der Waals surface area contributed by atoms with Crippen molar-refractivity contribution in [3.8, 4) is 0 Å². The molecule has 22 heavy (non-hydrogen) atoms. The Labute approximate surface area is 137 Å². The van der Waals surface area contributed by atoms with E-state index in [1.165, 1.54) is 24.8 Å². The molecule has 2 saturated carbocycles. The third-order valence-corrected chi connectivity index (χ3v) is 9.58. The highest BCUT2D eigenvalue weighted by molar-refractivity contribution is 7.62. The van der Waals surface area contributed by atoms with Crippen LogP contribution in [0.2, 0.25) is 0 Å². The molecule has 0 amide bonds. The van der Waals surface area contributed by atoms with Gasteiger partial charge in [0.25, 0.3) is 0 Å². The maximum atomic E-state index is 14.0. The summed E-state index contributed by atoms with van der Waals surface area (Å²) in [5.41, 5.74) is 1.73. The van der Waals surface area contributed by atoms with E-state index in [2.05, 4.69) is 56.7 Å². The molecule has 0 spiro atoms. The van der Waals surface area contributed by atoms with Gasteiger partial charge in [0.15, 0.2) is 0 Å². The van der Waals surface area contributed by atoms with Crippen molar-refractivity contribution in [3.05, 3.63) is 11.4 Å². The lowest BCUT2D eigenvalue weighted by Gasteiger charge is -2.39. The number of nitrogens with zero attached hydrogens (tertiary/aromatic N) is 2. The van der Waals surface area contributed by atoms with Crippen LogP contribution in [-0.4, -0.2) is 35.5 Å². The molecule has 0 aliphatic heterocycles. The van der Waals surface area contributed by atoms with Crippen LogP contribution in [0.4, 0.5) is 0 Å². The predicted molar refractivity (Wildman–Crippen MR) is 96.1 cm³/mol. The van der Waals surface area contributed by atoms with E-state index in [0.717, 1.165) is 32.1 Å². The molecule has 0 aromatic carbocycles. The molecule has 0 heterocycles. The average Bonchev–Trinajstić information content (AvgIpc) is 3.04. The molecule has 0 saturated heterocycles. The third-order valence-electron chi connectivity index (χ3n) is 6.21. The molecular formula is C18H35N2OP. The average molecular weight is 326 g/mol. The van der Waals surface area contributed by atoms with Crippen molar-refractivity contribution in [2.24, 2.45) is 17.3 Å². The standard InChI is InChI=1S/C18H35N2OP/c1-7-19(8-2)22(21,20(9-3)10-4)14-17-15-11-12-16(13-15)18(17,5)6/h14-16H,7-13H2,1-6H3/b17-14+/t15-,16+/m1/s1. The maximum Gasteiger partial charge on any atom is 0.238 e. The van der Waals surface area contributed by atoms with Crippen LogP contribution in [0.1, 0.15) is 60.8 Å². The van der Waals surface area contributed by atoms with Gasteiger partial charge in [-0.05, 0) is 36.5 Å². The first-order valence-corrected chi connectivity index (χ1v) is 10.9. The second kappa shape index (κ2) is 6.79. The number of fused-ring (bicyclic) bond motifs is 2. The molecular weight excluding hydrogens is 291 g/mol. The normalized spacial score (nSPS) is 29.2. The summed E-state index contributed by atoms with van der Waals surface area (Å²) >= 11 is 0. The van der Waals surface area contributed by atoms with Gasteiger partial charge in [-0.15, -0.1) is 0 Å². The Balaban J connectivity index is 2.46. The second-order valence-corrected chi connectivity index (χ2v) is 9.95. The number of hydrogen-bond acceptors (Lipinski definition) is 1. The van der Waals surface area contributed by atoms with Crippen LogP contribution in [0.15, 0.2) is 11.4 Å². The van der Waals surface area contributed by atoms with E-state index in [0.29, 0.717) is 5.92 Å². The smallest absolute Gasteiger partial charge is 0.238 e. The van der Waals surface area contributed by atoms with Gasteiger partial charge in [0.2, 0.25) is 7.44 Å². The molecule has 0 unspecified atom stereocenters. The van der Waals surface area contributed by atoms with E-state index in [-0.39, 0.29) is 5.41 Å². The summed E-state index contributed by atoms with van der Waals surface area (Å²) in [5, 5.41) is 0. The van der Waals surface area contributed by atoms with Gasteiger partial charge in [-0.1, -0.05) is 47.1 Å². The lowest BCUT2D eigenvalue weighted by atomic mass is 9.73. The molecule has 2 aliphatic carbocycles. The molecule has 3 nitrogen and oxygen atoms in total.